The van der Waals surface area contributed by atoms with Gasteiger partial charge >= 0.3 is 11.9 Å². The van der Waals surface area contributed by atoms with Gasteiger partial charge in [-0.15, -0.1) is 0 Å². The maximum absolute atomic E-state index is 12.0. The number of halogens is 3. The van der Waals surface area contributed by atoms with Crippen molar-refractivity contribution in [1.82, 2.24) is 4.98 Å². The molecule has 38 heavy (non-hydrogen) atoms. The normalized spacial score (nSPS) is 13.2. The molecule has 0 fully saturated rings. The summed E-state index contributed by atoms with van der Waals surface area (Å²) in [6, 6.07) is 10.8. The van der Waals surface area contributed by atoms with Gasteiger partial charge in [-0.3, -0.25) is 4.98 Å². The number of nitrogens with one attached hydrogen (secondary N) is 1. The quantitative estimate of drug-likeness (QED) is 0.253. The van der Waals surface area contributed by atoms with Gasteiger partial charge in [0.25, 0.3) is 0 Å². The van der Waals surface area contributed by atoms with E-state index >= 15 is 0 Å². The molecule has 1 heterocycles. The maximum Gasteiger partial charge on any atom is 0.417 e. The van der Waals surface area contributed by atoms with Crippen LogP contribution in [0, 0.1) is 11.8 Å². The number of hydrogen-bond acceptors (Lipinski definition) is 3. The second kappa shape index (κ2) is 14.6. The molecule has 0 bridgehead atoms. The minimum atomic E-state index is -4.22. The van der Waals surface area contributed by atoms with Gasteiger partial charge in [0.1, 0.15) is 5.78 Å². The minimum Gasteiger partial charge on any atom is -0.408 e. The number of aromatic amines is 1. The maximum atomic E-state index is 12.0. The molecule has 0 aliphatic carbocycles. The van der Waals surface area contributed by atoms with Gasteiger partial charge in [-0.05, 0) is 79.0 Å². The van der Waals surface area contributed by atoms with E-state index in [2.05, 4.69) is 31.5 Å². The van der Waals surface area contributed by atoms with Gasteiger partial charge < -0.3 is 9.21 Å². The van der Waals surface area contributed by atoms with Crippen molar-refractivity contribution in [2.75, 3.05) is 0 Å². The molecular weight excluding hydrogens is 491 g/mol. The standard InChI is InChI=1S/C22H29NO3.C9H9F3/c1-5-7-18(9-6-8-17(4)24)15(2)10-11-16(3)19-12-13-20-21(14-19)26-22(25)23-20;1-2-7-3-5-8(6-4-7)9(10,11)12/h10-15,18H,3,5-9H2,1-2,4H3,(H,23,25);3-6H,2H2,1H3/b11-10-;. The number of allylic oxidation sites excluding steroid dienone is 3. The Bertz CT molecular complexity index is 1270. The molecule has 4 nitrogen and oxygen atoms in total. The number of Topliss-reactive ketones (excluding diaryl/α,β-unsaturated/α-hetero) is 1. The molecule has 0 aliphatic heterocycles. The number of oxazole rings is 1. The van der Waals surface area contributed by atoms with Gasteiger partial charge in [0.15, 0.2) is 5.58 Å². The molecule has 0 saturated carbocycles. The van der Waals surface area contributed by atoms with Crippen molar-refractivity contribution in [3.05, 3.63) is 88.4 Å². The lowest BCUT2D eigenvalue weighted by molar-refractivity contribution is -0.137. The van der Waals surface area contributed by atoms with Crippen molar-refractivity contribution < 1.29 is 22.4 Å². The van der Waals surface area contributed by atoms with Gasteiger partial charge in [0, 0.05) is 6.42 Å². The Morgan fingerprint density at radius 1 is 1.11 bits per heavy atom. The largest absolute Gasteiger partial charge is 0.417 e. The van der Waals surface area contributed by atoms with Gasteiger partial charge in [0.05, 0.1) is 11.1 Å². The van der Waals surface area contributed by atoms with Crippen LogP contribution in [0.5, 0.6) is 0 Å². The lowest BCUT2D eigenvalue weighted by Crippen LogP contribution is -2.10. The zero-order valence-electron chi connectivity index (χ0n) is 22.7. The topological polar surface area (TPSA) is 63.1 Å². The highest BCUT2D eigenvalue weighted by molar-refractivity contribution is 5.81. The summed E-state index contributed by atoms with van der Waals surface area (Å²) >= 11 is 0. The first-order valence-corrected chi connectivity index (χ1v) is 13.1. The predicted molar refractivity (Wildman–Crippen MR) is 148 cm³/mol. The monoisotopic (exact) mass is 529 g/mol. The van der Waals surface area contributed by atoms with Crippen LogP contribution in [-0.2, 0) is 17.4 Å². The van der Waals surface area contributed by atoms with Gasteiger partial charge in [0.2, 0.25) is 0 Å². The van der Waals surface area contributed by atoms with Crippen LogP contribution in [0.15, 0.2) is 70.4 Å². The van der Waals surface area contributed by atoms with Crippen molar-refractivity contribution in [1.29, 1.82) is 0 Å². The minimum absolute atomic E-state index is 0.267. The van der Waals surface area contributed by atoms with E-state index < -0.39 is 17.5 Å². The molecule has 1 aromatic heterocycles. The van der Waals surface area contributed by atoms with E-state index in [0.29, 0.717) is 29.4 Å². The average molecular weight is 530 g/mol. The first kappa shape index (κ1) is 30.9. The van der Waals surface area contributed by atoms with Crippen LogP contribution in [0.3, 0.4) is 0 Å². The highest BCUT2D eigenvalue weighted by atomic mass is 19.4. The van der Waals surface area contributed by atoms with Crippen LogP contribution in [0.25, 0.3) is 16.7 Å². The van der Waals surface area contributed by atoms with E-state index in [1.54, 1.807) is 6.92 Å². The third-order valence-corrected chi connectivity index (χ3v) is 6.59. The number of H-pyrrole nitrogens is 1. The van der Waals surface area contributed by atoms with Gasteiger partial charge in [-0.1, -0.05) is 70.5 Å². The molecule has 3 rings (SSSR count). The molecule has 7 heteroatoms. The Labute approximate surface area is 222 Å². The van der Waals surface area contributed by atoms with Crippen molar-refractivity contribution in [3.63, 3.8) is 0 Å². The number of benzene rings is 2. The third-order valence-electron chi connectivity index (χ3n) is 6.59. The first-order valence-electron chi connectivity index (χ1n) is 13.1. The van der Waals surface area contributed by atoms with Crippen LogP contribution in [0.4, 0.5) is 13.2 Å². The number of ketones is 1. The summed E-state index contributed by atoms with van der Waals surface area (Å²) in [6.45, 7) is 12.1. The molecule has 0 radical (unpaired) electrons. The van der Waals surface area contributed by atoms with E-state index in [-0.39, 0.29) is 5.78 Å². The number of hydrogen-bond donors (Lipinski definition) is 1. The van der Waals surface area contributed by atoms with E-state index in [1.807, 2.05) is 31.2 Å². The lowest BCUT2D eigenvalue weighted by Gasteiger charge is -2.21. The fourth-order valence-corrected chi connectivity index (χ4v) is 4.25. The summed E-state index contributed by atoms with van der Waals surface area (Å²) in [5, 5.41) is 0. The molecule has 0 saturated heterocycles. The van der Waals surface area contributed by atoms with Crippen LogP contribution in [0.2, 0.25) is 0 Å². The highest BCUT2D eigenvalue weighted by Gasteiger charge is 2.29. The van der Waals surface area contributed by atoms with E-state index in [0.717, 1.165) is 60.9 Å². The molecule has 1 N–H and O–H groups in total. The Balaban J connectivity index is 0.000000352. The number of aryl methyl sites for hydroxylation is 1. The fourth-order valence-electron chi connectivity index (χ4n) is 4.25. The Hall–Kier alpha value is -3.35. The summed E-state index contributed by atoms with van der Waals surface area (Å²) < 4.78 is 41.2. The molecule has 206 valence electrons. The molecule has 0 aliphatic rings. The number of alkyl halides is 3. The van der Waals surface area contributed by atoms with Crippen LogP contribution < -0.4 is 5.76 Å². The van der Waals surface area contributed by atoms with Crippen LogP contribution >= 0.6 is 0 Å². The second-order valence-corrected chi connectivity index (χ2v) is 9.66. The number of fused-ring (bicyclic) bond motifs is 1. The first-order chi connectivity index (χ1) is 17.9. The molecule has 2 unspecified atom stereocenters. The average Bonchev–Trinajstić information content (AvgIpc) is 3.25. The fraction of sp³-hybridized carbons (Fsp3) is 0.419. The van der Waals surface area contributed by atoms with Crippen LogP contribution in [0.1, 0.15) is 76.5 Å². The third kappa shape index (κ3) is 9.84. The van der Waals surface area contributed by atoms with Crippen molar-refractivity contribution in [2.45, 2.75) is 72.4 Å². The molecule has 0 spiro atoms. The summed E-state index contributed by atoms with van der Waals surface area (Å²) in [5.74, 6) is 0.824. The predicted octanol–water partition coefficient (Wildman–Crippen LogP) is 8.77. The number of aromatic nitrogens is 1. The number of carbonyl (C=O) groups excluding carboxylic acids is 1. The molecule has 2 atom stereocenters. The van der Waals surface area contributed by atoms with Crippen molar-refractivity contribution in [2.24, 2.45) is 11.8 Å². The number of carbonyl (C=O) groups is 1. The van der Waals surface area contributed by atoms with E-state index in [1.165, 1.54) is 12.1 Å². The highest BCUT2D eigenvalue weighted by Crippen LogP contribution is 2.29. The summed E-state index contributed by atoms with van der Waals surface area (Å²) in [5.41, 5.74) is 3.40. The molecule has 0 amide bonds. The smallest absolute Gasteiger partial charge is 0.408 e. The Morgan fingerprint density at radius 2 is 1.79 bits per heavy atom. The van der Waals surface area contributed by atoms with Crippen molar-refractivity contribution in [3.8, 4) is 0 Å². The van der Waals surface area contributed by atoms with Crippen molar-refractivity contribution >= 4 is 22.5 Å². The summed E-state index contributed by atoms with van der Waals surface area (Å²) in [6.07, 6.45) is 5.81. The van der Waals surface area contributed by atoms with Crippen LogP contribution in [-0.4, -0.2) is 10.8 Å². The molecule has 3 aromatic rings. The van der Waals surface area contributed by atoms with Gasteiger partial charge in [-0.2, -0.15) is 13.2 Å². The lowest BCUT2D eigenvalue weighted by atomic mass is 9.85. The van der Waals surface area contributed by atoms with E-state index in [9.17, 15) is 22.8 Å². The van der Waals surface area contributed by atoms with Gasteiger partial charge in [-0.25, -0.2) is 4.79 Å². The second-order valence-electron chi connectivity index (χ2n) is 9.66. The summed E-state index contributed by atoms with van der Waals surface area (Å²) in [4.78, 5) is 25.1. The zero-order chi connectivity index (χ0) is 28.3. The zero-order valence-corrected chi connectivity index (χ0v) is 22.7. The number of rotatable bonds is 11. The summed E-state index contributed by atoms with van der Waals surface area (Å²) in [7, 11) is 0. The molecular formula is C31H38F3NO3. The SMILES string of the molecule is C=C(/C=C\C(C)C(CCC)CCCC(C)=O)c1ccc2[nH]c(=O)oc2c1.CCc1ccc(C(F)(F)F)cc1. The Kier molecular flexibility index (Phi) is 11.8. The molecule has 2 aromatic carbocycles. The Morgan fingerprint density at radius 3 is 2.37 bits per heavy atom. The van der Waals surface area contributed by atoms with E-state index in [4.69, 9.17) is 4.42 Å².